The summed E-state index contributed by atoms with van der Waals surface area (Å²) in [5, 5.41) is 0. The van der Waals surface area contributed by atoms with Gasteiger partial charge in [-0.2, -0.15) is 0 Å². The first kappa shape index (κ1) is 15.2. The Balaban J connectivity index is 3.54. The Morgan fingerprint density at radius 2 is 1.81 bits per heavy atom. The van der Waals surface area contributed by atoms with E-state index in [2.05, 4.69) is 26.8 Å². The molecule has 0 radical (unpaired) electrons. The molecule has 0 amide bonds. The highest BCUT2D eigenvalue weighted by Gasteiger charge is 2.08. The predicted molar refractivity (Wildman–Crippen MR) is 68.2 cm³/mol. The predicted octanol–water partition coefficient (Wildman–Crippen LogP) is 3.96. The van der Waals surface area contributed by atoms with Crippen molar-refractivity contribution < 1.29 is 9.53 Å². The zero-order valence-electron chi connectivity index (χ0n) is 11.4. The molecule has 94 valence electrons. The SMILES string of the molecule is CC(C)=CCC[C@@H](C)CCOC(=O)C(C)C. The Morgan fingerprint density at radius 3 is 2.31 bits per heavy atom. The van der Waals surface area contributed by atoms with Gasteiger partial charge < -0.3 is 4.74 Å². The zero-order chi connectivity index (χ0) is 12.6. The molecule has 0 spiro atoms. The Hall–Kier alpha value is -0.790. The van der Waals surface area contributed by atoms with E-state index in [0.29, 0.717) is 12.5 Å². The molecule has 0 heterocycles. The van der Waals surface area contributed by atoms with Gasteiger partial charge in [-0.1, -0.05) is 32.4 Å². The van der Waals surface area contributed by atoms with Gasteiger partial charge in [0.2, 0.25) is 0 Å². The van der Waals surface area contributed by atoms with E-state index in [1.54, 1.807) is 0 Å². The summed E-state index contributed by atoms with van der Waals surface area (Å²) in [6, 6.07) is 0. The molecule has 0 saturated carbocycles. The van der Waals surface area contributed by atoms with E-state index in [9.17, 15) is 4.79 Å². The molecule has 2 nitrogen and oxygen atoms in total. The third kappa shape index (κ3) is 8.51. The number of ether oxygens (including phenoxy) is 1. The van der Waals surface area contributed by atoms with Gasteiger partial charge in [0.15, 0.2) is 0 Å². The summed E-state index contributed by atoms with van der Waals surface area (Å²) >= 11 is 0. The molecule has 0 fully saturated rings. The van der Waals surface area contributed by atoms with E-state index < -0.39 is 0 Å². The number of allylic oxidation sites excluding steroid dienone is 2. The first-order valence-corrected chi connectivity index (χ1v) is 6.23. The van der Waals surface area contributed by atoms with Crippen LogP contribution in [0, 0.1) is 11.8 Å². The van der Waals surface area contributed by atoms with Gasteiger partial charge in [0.1, 0.15) is 0 Å². The summed E-state index contributed by atoms with van der Waals surface area (Å²) in [7, 11) is 0. The molecule has 0 rings (SSSR count). The second-order valence-corrected chi connectivity index (χ2v) is 5.07. The van der Waals surface area contributed by atoms with Crippen LogP contribution in [0.5, 0.6) is 0 Å². The molecule has 16 heavy (non-hydrogen) atoms. The summed E-state index contributed by atoms with van der Waals surface area (Å²) in [5.41, 5.74) is 1.37. The summed E-state index contributed by atoms with van der Waals surface area (Å²) in [4.78, 5) is 11.2. The van der Waals surface area contributed by atoms with Crippen molar-refractivity contribution in [1.82, 2.24) is 0 Å². The Bertz CT molecular complexity index is 225. The van der Waals surface area contributed by atoms with Crippen LogP contribution in [0.4, 0.5) is 0 Å². The fraction of sp³-hybridized carbons (Fsp3) is 0.786. The second kappa shape index (κ2) is 8.37. The largest absolute Gasteiger partial charge is 0.465 e. The summed E-state index contributed by atoms with van der Waals surface area (Å²) < 4.78 is 5.15. The maximum Gasteiger partial charge on any atom is 0.308 e. The van der Waals surface area contributed by atoms with Crippen LogP contribution in [0.25, 0.3) is 0 Å². The van der Waals surface area contributed by atoms with E-state index in [4.69, 9.17) is 4.74 Å². The molecule has 2 heteroatoms. The van der Waals surface area contributed by atoms with Crippen LogP contribution in [0.2, 0.25) is 0 Å². The van der Waals surface area contributed by atoms with Gasteiger partial charge in [-0.15, -0.1) is 0 Å². The van der Waals surface area contributed by atoms with E-state index >= 15 is 0 Å². The fourth-order valence-electron chi connectivity index (χ4n) is 1.33. The van der Waals surface area contributed by atoms with Crippen molar-refractivity contribution in [2.24, 2.45) is 11.8 Å². The lowest BCUT2D eigenvalue weighted by Crippen LogP contribution is -2.13. The number of hydrogen-bond acceptors (Lipinski definition) is 2. The van der Waals surface area contributed by atoms with E-state index in [-0.39, 0.29) is 11.9 Å². The molecular weight excluding hydrogens is 200 g/mol. The minimum atomic E-state index is -0.0866. The van der Waals surface area contributed by atoms with E-state index in [0.717, 1.165) is 12.8 Å². The molecule has 0 aliphatic rings. The minimum Gasteiger partial charge on any atom is -0.465 e. The lowest BCUT2D eigenvalue weighted by molar-refractivity contribution is -0.147. The van der Waals surface area contributed by atoms with Crippen LogP contribution in [0.15, 0.2) is 11.6 Å². The molecule has 0 unspecified atom stereocenters. The Kier molecular flexibility index (Phi) is 7.96. The average Bonchev–Trinajstić information content (AvgIpc) is 2.16. The van der Waals surface area contributed by atoms with Gasteiger partial charge in [0.05, 0.1) is 12.5 Å². The van der Waals surface area contributed by atoms with Gasteiger partial charge in [0.25, 0.3) is 0 Å². The van der Waals surface area contributed by atoms with Crippen LogP contribution in [0.3, 0.4) is 0 Å². The van der Waals surface area contributed by atoms with Gasteiger partial charge >= 0.3 is 5.97 Å². The van der Waals surface area contributed by atoms with Crippen LogP contribution in [-0.2, 0) is 9.53 Å². The van der Waals surface area contributed by atoms with Crippen LogP contribution in [-0.4, -0.2) is 12.6 Å². The number of hydrogen-bond donors (Lipinski definition) is 0. The topological polar surface area (TPSA) is 26.3 Å². The van der Waals surface area contributed by atoms with Crippen molar-refractivity contribution in [2.75, 3.05) is 6.61 Å². The van der Waals surface area contributed by atoms with Gasteiger partial charge in [-0.25, -0.2) is 0 Å². The highest BCUT2D eigenvalue weighted by Crippen LogP contribution is 2.12. The molecule has 0 saturated heterocycles. The summed E-state index contributed by atoms with van der Waals surface area (Å²) in [6.07, 6.45) is 5.53. The van der Waals surface area contributed by atoms with Crippen molar-refractivity contribution in [2.45, 2.75) is 53.9 Å². The van der Waals surface area contributed by atoms with Crippen molar-refractivity contribution in [1.29, 1.82) is 0 Å². The summed E-state index contributed by atoms with van der Waals surface area (Å²) in [6.45, 7) is 10.7. The quantitative estimate of drug-likeness (QED) is 0.485. The van der Waals surface area contributed by atoms with Gasteiger partial charge in [0, 0.05) is 0 Å². The normalized spacial score (nSPS) is 12.4. The first-order chi connectivity index (χ1) is 7.43. The lowest BCUT2D eigenvalue weighted by Gasteiger charge is -2.11. The third-order valence-electron chi connectivity index (χ3n) is 2.54. The fourth-order valence-corrected chi connectivity index (χ4v) is 1.33. The van der Waals surface area contributed by atoms with Crippen LogP contribution in [0.1, 0.15) is 53.9 Å². The molecule has 0 aromatic heterocycles. The van der Waals surface area contributed by atoms with Crippen molar-refractivity contribution in [3.05, 3.63) is 11.6 Å². The second-order valence-electron chi connectivity index (χ2n) is 5.07. The number of rotatable bonds is 7. The molecule has 0 aromatic carbocycles. The standard InChI is InChI=1S/C14H26O2/c1-11(2)7-6-8-13(5)9-10-16-14(15)12(3)4/h7,12-13H,6,8-10H2,1-5H3/t13-/m1/s1. The molecule has 0 bridgehead atoms. The average molecular weight is 226 g/mol. The highest BCUT2D eigenvalue weighted by atomic mass is 16.5. The van der Waals surface area contributed by atoms with Crippen molar-refractivity contribution in [3.63, 3.8) is 0 Å². The van der Waals surface area contributed by atoms with Crippen LogP contribution < -0.4 is 0 Å². The smallest absolute Gasteiger partial charge is 0.308 e. The molecular formula is C14H26O2. The third-order valence-corrected chi connectivity index (χ3v) is 2.54. The lowest BCUT2D eigenvalue weighted by atomic mass is 10.0. The highest BCUT2D eigenvalue weighted by molar-refractivity contribution is 5.71. The van der Waals surface area contributed by atoms with Crippen molar-refractivity contribution in [3.8, 4) is 0 Å². The minimum absolute atomic E-state index is 0.0130. The number of esters is 1. The summed E-state index contributed by atoms with van der Waals surface area (Å²) in [5.74, 6) is 0.521. The first-order valence-electron chi connectivity index (χ1n) is 6.23. The van der Waals surface area contributed by atoms with Crippen molar-refractivity contribution >= 4 is 5.97 Å². The Labute approximate surface area is 100 Å². The van der Waals surface area contributed by atoms with Gasteiger partial charge in [-0.3, -0.25) is 4.79 Å². The van der Waals surface area contributed by atoms with Crippen LogP contribution >= 0.6 is 0 Å². The van der Waals surface area contributed by atoms with Gasteiger partial charge in [-0.05, 0) is 39.0 Å². The molecule has 0 aromatic rings. The monoisotopic (exact) mass is 226 g/mol. The molecule has 0 aliphatic carbocycles. The van der Waals surface area contributed by atoms with E-state index in [1.165, 1.54) is 12.0 Å². The van der Waals surface area contributed by atoms with E-state index in [1.807, 2.05) is 13.8 Å². The molecule has 1 atom stereocenters. The molecule has 0 aliphatic heterocycles. The molecule has 0 N–H and O–H groups in total. The number of carbonyl (C=O) groups excluding carboxylic acids is 1. The zero-order valence-corrected chi connectivity index (χ0v) is 11.4. The maximum atomic E-state index is 11.2. The maximum absolute atomic E-state index is 11.2. The number of carbonyl (C=O) groups is 1. The Morgan fingerprint density at radius 1 is 1.19 bits per heavy atom.